The van der Waals surface area contributed by atoms with Crippen LogP contribution < -0.4 is 5.32 Å². The van der Waals surface area contributed by atoms with Gasteiger partial charge in [0.25, 0.3) is 0 Å². The molecule has 0 spiro atoms. The molecule has 5 aliphatic carbocycles. The van der Waals surface area contributed by atoms with Crippen LogP contribution in [-0.2, 0) is 14.4 Å². The highest BCUT2D eigenvalue weighted by atomic mass is 16.2. The molecular formula is C33H46N2O3. The normalized spacial score (nSPS) is 42.7. The van der Waals surface area contributed by atoms with Crippen molar-refractivity contribution in [3.8, 4) is 6.07 Å². The molecule has 0 bridgehead atoms. The maximum Gasteiger partial charge on any atom is 0.243 e. The highest BCUT2D eigenvalue weighted by Gasteiger charge is 2.64. The maximum atomic E-state index is 14.1. The van der Waals surface area contributed by atoms with Crippen molar-refractivity contribution in [2.45, 2.75) is 99.0 Å². The molecule has 206 valence electrons. The van der Waals surface area contributed by atoms with Crippen LogP contribution in [0.2, 0.25) is 0 Å². The summed E-state index contributed by atoms with van der Waals surface area (Å²) in [5, 5.41) is 13.0. The first-order valence-electron chi connectivity index (χ1n) is 14.7. The van der Waals surface area contributed by atoms with E-state index >= 15 is 0 Å². The second-order valence-electron chi connectivity index (χ2n) is 13.6. The van der Waals surface area contributed by atoms with Crippen LogP contribution in [-0.4, -0.2) is 23.0 Å². The molecule has 38 heavy (non-hydrogen) atoms. The van der Waals surface area contributed by atoms with Crippen LogP contribution in [0.3, 0.4) is 0 Å². The molecule has 0 aromatic heterocycles. The Kier molecular flexibility index (Phi) is 7.22. The molecule has 1 N–H and O–H groups in total. The average Bonchev–Trinajstić information content (AvgIpc) is 2.88. The summed E-state index contributed by atoms with van der Waals surface area (Å²) in [5.41, 5.74) is 0.487. The van der Waals surface area contributed by atoms with Gasteiger partial charge in [-0.25, -0.2) is 0 Å². The van der Waals surface area contributed by atoms with Crippen molar-refractivity contribution in [3.63, 3.8) is 0 Å². The molecule has 5 aliphatic rings. The third-order valence-corrected chi connectivity index (χ3v) is 11.3. The lowest BCUT2D eigenvalue weighted by molar-refractivity contribution is -0.143. The molecule has 1 amide bonds. The number of rotatable bonds is 2. The molecule has 5 heteroatoms. The smallest absolute Gasteiger partial charge is 0.243 e. The summed E-state index contributed by atoms with van der Waals surface area (Å²) < 4.78 is 0. The average molecular weight is 519 g/mol. The van der Waals surface area contributed by atoms with E-state index in [1.54, 1.807) is 0 Å². The van der Waals surface area contributed by atoms with Crippen LogP contribution in [0.25, 0.3) is 0 Å². The standard InChI is InChI=1S/C31H40N2O3.C2H6/c1-7-25(35)33-31-11-9-21-26(22(31)16-28(3,4)12-13-31)23(34)14-24-29(21,5)10-8-20-18(2)27(36)19(17-32)15-30(20,24)6;1-2/h7,14-15,18,20-22,26H,1,8-13,16H2,2-6H3,(H,33,35);1-2H3. The van der Waals surface area contributed by atoms with Crippen LogP contribution in [0.15, 0.2) is 36.0 Å². The first-order chi connectivity index (χ1) is 17.8. The molecule has 8 unspecified atom stereocenters. The molecule has 0 aromatic carbocycles. The van der Waals surface area contributed by atoms with Gasteiger partial charge in [0.15, 0.2) is 11.6 Å². The van der Waals surface area contributed by atoms with Gasteiger partial charge in [0.2, 0.25) is 5.91 Å². The van der Waals surface area contributed by atoms with E-state index in [9.17, 15) is 19.6 Å². The van der Waals surface area contributed by atoms with E-state index in [-0.39, 0.29) is 69.0 Å². The number of nitriles is 1. The van der Waals surface area contributed by atoms with Crippen molar-refractivity contribution in [1.29, 1.82) is 5.26 Å². The van der Waals surface area contributed by atoms with E-state index < -0.39 is 5.41 Å². The zero-order valence-corrected chi connectivity index (χ0v) is 24.4. The Morgan fingerprint density at radius 3 is 2.34 bits per heavy atom. The number of hydrogen-bond acceptors (Lipinski definition) is 4. The van der Waals surface area contributed by atoms with E-state index in [4.69, 9.17) is 0 Å². The quantitative estimate of drug-likeness (QED) is 0.422. The molecule has 5 rings (SSSR count). The fourth-order valence-electron chi connectivity index (χ4n) is 9.41. The lowest BCUT2D eigenvalue weighted by Gasteiger charge is -2.64. The fourth-order valence-corrected chi connectivity index (χ4v) is 9.41. The van der Waals surface area contributed by atoms with Gasteiger partial charge in [0.05, 0.1) is 5.57 Å². The number of ketones is 2. The third kappa shape index (κ3) is 4.05. The summed E-state index contributed by atoms with van der Waals surface area (Å²) in [6.45, 7) is 18.7. The van der Waals surface area contributed by atoms with Gasteiger partial charge in [-0.3, -0.25) is 14.4 Å². The Bertz CT molecular complexity index is 1160. The molecule has 3 fully saturated rings. The molecular weight excluding hydrogens is 472 g/mol. The highest BCUT2D eigenvalue weighted by molar-refractivity contribution is 6.02. The van der Waals surface area contributed by atoms with Crippen molar-refractivity contribution < 1.29 is 14.4 Å². The fraction of sp³-hybridized carbons (Fsp3) is 0.697. The van der Waals surface area contributed by atoms with E-state index in [1.807, 2.05) is 32.9 Å². The van der Waals surface area contributed by atoms with Crippen molar-refractivity contribution in [1.82, 2.24) is 5.32 Å². The van der Waals surface area contributed by atoms with Gasteiger partial charge in [0, 0.05) is 22.8 Å². The molecule has 3 saturated carbocycles. The summed E-state index contributed by atoms with van der Waals surface area (Å²) in [6.07, 6.45) is 11.6. The second kappa shape index (κ2) is 9.61. The van der Waals surface area contributed by atoms with Gasteiger partial charge < -0.3 is 5.32 Å². The Morgan fingerprint density at radius 1 is 1.05 bits per heavy atom. The predicted molar refractivity (Wildman–Crippen MR) is 150 cm³/mol. The van der Waals surface area contributed by atoms with Gasteiger partial charge in [-0.2, -0.15) is 5.26 Å². The van der Waals surface area contributed by atoms with Crippen LogP contribution in [0.5, 0.6) is 0 Å². The first kappa shape index (κ1) is 28.5. The maximum absolute atomic E-state index is 14.1. The van der Waals surface area contributed by atoms with Crippen LogP contribution in [0, 0.1) is 57.2 Å². The lowest BCUT2D eigenvalue weighted by atomic mass is 9.40. The highest BCUT2D eigenvalue weighted by Crippen LogP contribution is 2.68. The first-order valence-corrected chi connectivity index (χ1v) is 14.7. The van der Waals surface area contributed by atoms with Crippen LogP contribution in [0.1, 0.15) is 93.4 Å². The number of hydrogen-bond donors (Lipinski definition) is 1. The number of nitrogens with one attached hydrogen (secondary N) is 1. The van der Waals surface area contributed by atoms with Gasteiger partial charge >= 0.3 is 0 Å². The molecule has 0 heterocycles. The Labute approximate surface area is 229 Å². The van der Waals surface area contributed by atoms with Crippen molar-refractivity contribution in [2.24, 2.45) is 45.8 Å². The van der Waals surface area contributed by atoms with Gasteiger partial charge in [-0.05, 0) is 85.7 Å². The number of amides is 1. The molecule has 0 radical (unpaired) electrons. The molecule has 5 nitrogen and oxygen atoms in total. The minimum Gasteiger partial charge on any atom is -0.347 e. The molecule has 0 aromatic rings. The molecule has 8 atom stereocenters. The summed E-state index contributed by atoms with van der Waals surface area (Å²) in [4.78, 5) is 39.5. The number of carbonyl (C=O) groups excluding carboxylic acids is 3. The van der Waals surface area contributed by atoms with Gasteiger partial charge in [-0.15, -0.1) is 0 Å². The predicted octanol–water partition coefficient (Wildman–Crippen LogP) is 6.51. The SMILES string of the molecule is C=CC(=O)NC12CCC3C(C(=O)C=C4C5(C)C=C(C#N)C(=O)C(C)C5CCC43C)C1CC(C)(C)CC2.CC. The topological polar surface area (TPSA) is 87.0 Å². The summed E-state index contributed by atoms with van der Waals surface area (Å²) in [5.74, 6) is 0.0100. The second-order valence-corrected chi connectivity index (χ2v) is 13.6. The third-order valence-electron chi connectivity index (χ3n) is 11.3. The summed E-state index contributed by atoms with van der Waals surface area (Å²) in [7, 11) is 0. The van der Waals surface area contributed by atoms with E-state index in [1.165, 1.54) is 6.08 Å². The Hall–Kier alpha value is -2.48. The molecule has 0 saturated heterocycles. The zero-order valence-electron chi connectivity index (χ0n) is 24.4. The minimum atomic E-state index is -0.469. The number of nitrogens with zero attached hydrogens (tertiary/aromatic N) is 1. The molecule has 0 aliphatic heterocycles. The van der Waals surface area contributed by atoms with E-state index in [0.717, 1.165) is 50.5 Å². The Balaban J connectivity index is 0.00000164. The number of carbonyl (C=O) groups is 3. The largest absolute Gasteiger partial charge is 0.347 e. The van der Waals surface area contributed by atoms with Crippen molar-refractivity contribution >= 4 is 17.5 Å². The van der Waals surface area contributed by atoms with E-state index in [0.29, 0.717) is 0 Å². The van der Waals surface area contributed by atoms with Crippen molar-refractivity contribution in [3.05, 3.63) is 36.0 Å². The number of fused-ring (bicyclic) bond motifs is 7. The lowest BCUT2D eigenvalue weighted by Crippen LogP contribution is -2.66. The number of allylic oxidation sites excluding steroid dienone is 4. The van der Waals surface area contributed by atoms with Gasteiger partial charge in [0.1, 0.15) is 6.07 Å². The number of Topliss-reactive ketones (excluding diaryl/α,β-unsaturated/α-hetero) is 1. The monoisotopic (exact) mass is 518 g/mol. The van der Waals surface area contributed by atoms with Crippen LogP contribution in [0.4, 0.5) is 0 Å². The summed E-state index contributed by atoms with van der Waals surface area (Å²) >= 11 is 0. The Morgan fingerprint density at radius 2 is 1.71 bits per heavy atom. The summed E-state index contributed by atoms with van der Waals surface area (Å²) in [6, 6.07) is 2.14. The minimum absolute atomic E-state index is 0.0611. The van der Waals surface area contributed by atoms with Gasteiger partial charge in [-0.1, -0.05) is 66.7 Å². The van der Waals surface area contributed by atoms with Crippen molar-refractivity contribution in [2.75, 3.05) is 0 Å². The van der Waals surface area contributed by atoms with Crippen LogP contribution >= 0.6 is 0 Å². The van der Waals surface area contributed by atoms with E-state index in [2.05, 4.69) is 45.7 Å². The zero-order chi connectivity index (χ0) is 28.3.